The van der Waals surface area contributed by atoms with Gasteiger partial charge in [0.1, 0.15) is 5.75 Å². The molecule has 0 aliphatic carbocycles. The van der Waals surface area contributed by atoms with Gasteiger partial charge in [-0.05, 0) is 59.3 Å². The Labute approximate surface area is 202 Å². The number of esters is 1. The number of carbonyl (C=O) groups is 3. The van der Waals surface area contributed by atoms with Crippen molar-refractivity contribution in [2.24, 2.45) is 0 Å². The number of ether oxygens (including phenoxy) is 1. The second-order valence-electron chi connectivity index (χ2n) is 7.12. The van der Waals surface area contributed by atoms with Gasteiger partial charge in [-0.1, -0.05) is 41.9 Å². The van der Waals surface area contributed by atoms with Gasteiger partial charge >= 0.3 is 5.97 Å². The Morgan fingerprint density at radius 1 is 1.03 bits per heavy atom. The van der Waals surface area contributed by atoms with Crippen molar-refractivity contribution in [1.82, 2.24) is 4.90 Å². The number of imide groups is 1. The van der Waals surface area contributed by atoms with Crippen LogP contribution in [0.15, 0.2) is 77.7 Å². The summed E-state index contributed by atoms with van der Waals surface area (Å²) in [5, 5.41) is 10.8. The van der Waals surface area contributed by atoms with E-state index in [0.29, 0.717) is 16.1 Å². The predicted octanol–water partition coefficient (Wildman–Crippen LogP) is 5.70. The summed E-state index contributed by atoms with van der Waals surface area (Å²) in [7, 11) is 0. The van der Waals surface area contributed by atoms with Crippen LogP contribution in [0.4, 0.5) is 10.5 Å². The molecular formula is C24H15ClN2O6S. The summed E-state index contributed by atoms with van der Waals surface area (Å²) in [5.41, 5.74) is 1.35. The third-order valence-electron chi connectivity index (χ3n) is 4.86. The van der Waals surface area contributed by atoms with Crippen LogP contribution in [0.2, 0.25) is 5.02 Å². The van der Waals surface area contributed by atoms with E-state index in [0.717, 1.165) is 16.7 Å². The fourth-order valence-electron chi connectivity index (χ4n) is 3.10. The van der Waals surface area contributed by atoms with E-state index in [4.69, 9.17) is 16.3 Å². The zero-order valence-electron chi connectivity index (χ0n) is 17.3. The molecule has 1 saturated heterocycles. The van der Waals surface area contributed by atoms with Crippen molar-refractivity contribution in [1.29, 1.82) is 0 Å². The number of hydrogen-bond donors (Lipinski definition) is 0. The van der Waals surface area contributed by atoms with Gasteiger partial charge in [0.15, 0.2) is 0 Å². The summed E-state index contributed by atoms with van der Waals surface area (Å²) in [6.45, 7) is 0.0826. The summed E-state index contributed by atoms with van der Waals surface area (Å²) in [4.78, 5) is 48.9. The molecule has 8 nitrogen and oxygen atoms in total. The first kappa shape index (κ1) is 23.2. The third kappa shape index (κ3) is 5.16. The Hall–Kier alpha value is -3.95. The molecule has 4 rings (SSSR count). The van der Waals surface area contributed by atoms with Crippen LogP contribution in [0.1, 0.15) is 21.5 Å². The first-order valence-electron chi connectivity index (χ1n) is 9.87. The van der Waals surface area contributed by atoms with Crippen molar-refractivity contribution in [2.75, 3.05) is 0 Å². The highest BCUT2D eigenvalue weighted by Crippen LogP contribution is 2.34. The van der Waals surface area contributed by atoms with Crippen LogP contribution >= 0.6 is 23.4 Å². The number of benzene rings is 3. The molecule has 0 saturated carbocycles. The number of carbonyl (C=O) groups excluding carboxylic acids is 3. The molecule has 1 aliphatic rings. The van der Waals surface area contributed by atoms with Gasteiger partial charge < -0.3 is 4.74 Å². The van der Waals surface area contributed by atoms with E-state index in [9.17, 15) is 24.5 Å². The van der Waals surface area contributed by atoms with E-state index in [-0.39, 0.29) is 33.7 Å². The number of nitro benzene ring substituents is 1. The summed E-state index contributed by atoms with van der Waals surface area (Å²) < 4.78 is 5.28. The molecule has 3 aromatic rings. The maximum Gasteiger partial charge on any atom is 0.343 e. The number of halogens is 1. The summed E-state index contributed by atoms with van der Waals surface area (Å²) >= 11 is 6.98. The minimum Gasteiger partial charge on any atom is -0.423 e. The van der Waals surface area contributed by atoms with Crippen LogP contribution in [0.3, 0.4) is 0 Å². The second-order valence-corrected chi connectivity index (χ2v) is 8.52. The molecule has 0 N–H and O–H groups in total. The van der Waals surface area contributed by atoms with Crippen LogP contribution in [-0.2, 0) is 11.3 Å². The lowest BCUT2D eigenvalue weighted by molar-refractivity contribution is -0.384. The molecule has 0 bridgehead atoms. The van der Waals surface area contributed by atoms with Crippen LogP contribution in [-0.4, -0.2) is 26.9 Å². The molecular weight excluding hydrogens is 480 g/mol. The predicted molar refractivity (Wildman–Crippen MR) is 127 cm³/mol. The zero-order chi connectivity index (χ0) is 24.2. The molecule has 2 amide bonds. The minimum atomic E-state index is -0.664. The van der Waals surface area contributed by atoms with Crippen molar-refractivity contribution in [3.8, 4) is 5.75 Å². The Bertz CT molecular complexity index is 1320. The lowest BCUT2D eigenvalue weighted by Crippen LogP contribution is -2.27. The second kappa shape index (κ2) is 9.90. The SMILES string of the molecule is O=C(Oc1ccc(/C=C2\SC(=O)N(Cc3ccccc3Cl)C2=O)cc1)c1ccc([N+](=O)[O-])cc1. The maximum atomic E-state index is 12.7. The Kier molecular flexibility index (Phi) is 6.76. The van der Waals surface area contributed by atoms with E-state index >= 15 is 0 Å². The molecule has 1 heterocycles. The normalized spacial score (nSPS) is 14.5. The van der Waals surface area contributed by atoms with Crippen molar-refractivity contribution < 1.29 is 24.0 Å². The maximum absolute atomic E-state index is 12.7. The fraction of sp³-hybridized carbons (Fsp3) is 0.0417. The molecule has 1 aliphatic heterocycles. The van der Waals surface area contributed by atoms with Gasteiger partial charge in [0.05, 0.1) is 21.9 Å². The highest BCUT2D eigenvalue weighted by molar-refractivity contribution is 8.18. The van der Waals surface area contributed by atoms with E-state index in [1.165, 1.54) is 24.3 Å². The van der Waals surface area contributed by atoms with Crippen LogP contribution < -0.4 is 4.74 Å². The number of hydrogen-bond acceptors (Lipinski definition) is 7. The molecule has 1 fully saturated rings. The number of nitrogens with zero attached hydrogens (tertiary/aromatic N) is 2. The van der Waals surface area contributed by atoms with Gasteiger partial charge in [0.2, 0.25) is 0 Å². The van der Waals surface area contributed by atoms with Gasteiger partial charge in [-0.15, -0.1) is 0 Å². The van der Waals surface area contributed by atoms with E-state index < -0.39 is 16.8 Å². The molecule has 0 aromatic heterocycles. The van der Waals surface area contributed by atoms with E-state index in [2.05, 4.69) is 0 Å². The molecule has 0 radical (unpaired) electrons. The topological polar surface area (TPSA) is 107 Å². The molecule has 0 unspecified atom stereocenters. The monoisotopic (exact) mass is 494 g/mol. The molecule has 0 atom stereocenters. The Balaban J connectivity index is 1.42. The summed E-state index contributed by atoms with van der Waals surface area (Å²) in [6.07, 6.45) is 1.58. The highest BCUT2D eigenvalue weighted by atomic mass is 35.5. The van der Waals surface area contributed by atoms with E-state index in [1.807, 2.05) is 0 Å². The smallest absolute Gasteiger partial charge is 0.343 e. The van der Waals surface area contributed by atoms with Gasteiger partial charge in [-0.3, -0.25) is 24.6 Å². The minimum absolute atomic E-state index is 0.0826. The van der Waals surface area contributed by atoms with Crippen molar-refractivity contribution in [3.05, 3.63) is 110 Å². The summed E-state index contributed by atoms with van der Waals surface area (Å²) in [6, 6.07) is 18.4. The Morgan fingerprint density at radius 3 is 2.35 bits per heavy atom. The molecule has 170 valence electrons. The van der Waals surface area contributed by atoms with Crippen molar-refractivity contribution >= 4 is 52.2 Å². The van der Waals surface area contributed by atoms with Gasteiger partial charge in [-0.2, -0.15) is 0 Å². The van der Waals surface area contributed by atoms with Crippen molar-refractivity contribution in [2.45, 2.75) is 6.54 Å². The van der Waals surface area contributed by atoms with Gasteiger partial charge in [0, 0.05) is 17.2 Å². The van der Waals surface area contributed by atoms with Gasteiger partial charge in [0.25, 0.3) is 16.8 Å². The average molecular weight is 495 g/mol. The lowest BCUT2D eigenvalue weighted by atomic mass is 10.2. The number of non-ortho nitro benzene ring substituents is 1. The molecule has 10 heteroatoms. The highest BCUT2D eigenvalue weighted by Gasteiger charge is 2.35. The zero-order valence-corrected chi connectivity index (χ0v) is 18.9. The van der Waals surface area contributed by atoms with Gasteiger partial charge in [-0.25, -0.2) is 4.79 Å². The lowest BCUT2D eigenvalue weighted by Gasteiger charge is -2.13. The fourth-order valence-corrected chi connectivity index (χ4v) is 4.14. The first-order chi connectivity index (χ1) is 16.3. The largest absolute Gasteiger partial charge is 0.423 e. The average Bonchev–Trinajstić information content (AvgIpc) is 3.09. The molecule has 34 heavy (non-hydrogen) atoms. The molecule has 3 aromatic carbocycles. The number of rotatable bonds is 6. The number of amides is 2. The molecule has 0 spiro atoms. The van der Waals surface area contributed by atoms with Crippen molar-refractivity contribution in [3.63, 3.8) is 0 Å². The van der Waals surface area contributed by atoms with Crippen LogP contribution in [0.25, 0.3) is 6.08 Å². The number of nitro groups is 1. The van der Waals surface area contributed by atoms with Crippen LogP contribution in [0.5, 0.6) is 5.75 Å². The Morgan fingerprint density at radius 2 is 1.71 bits per heavy atom. The number of thioether (sulfide) groups is 1. The van der Waals surface area contributed by atoms with E-state index in [1.54, 1.807) is 54.6 Å². The standard InChI is InChI=1S/C24H15ClN2O6S/c25-20-4-2-1-3-17(20)14-26-22(28)21(34-24(26)30)13-15-5-11-19(12-6-15)33-23(29)16-7-9-18(10-8-16)27(31)32/h1-13H,14H2/b21-13-. The van der Waals surface area contributed by atoms with Crippen LogP contribution in [0, 0.1) is 10.1 Å². The third-order valence-corrected chi connectivity index (χ3v) is 6.14. The summed E-state index contributed by atoms with van der Waals surface area (Å²) in [5.74, 6) is -0.820. The quantitative estimate of drug-likeness (QED) is 0.142. The first-order valence-corrected chi connectivity index (χ1v) is 11.1.